The second-order valence-corrected chi connectivity index (χ2v) is 4.83. The fourth-order valence-corrected chi connectivity index (χ4v) is 2.08. The molecular formula is C11H13BrO2S. The number of thioether (sulfide) groups is 1. The van der Waals surface area contributed by atoms with Gasteiger partial charge in [-0.05, 0) is 24.6 Å². The second kappa shape index (κ2) is 6.90. The van der Waals surface area contributed by atoms with Gasteiger partial charge in [-0.1, -0.05) is 28.1 Å². The van der Waals surface area contributed by atoms with Crippen LogP contribution in [0.25, 0.3) is 0 Å². The van der Waals surface area contributed by atoms with Crippen LogP contribution < -0.4 is 0 Å². The predicted octanol–water partition coefficient (Wildman–Crippen LogP) is 3.25. The van der Waals surface area contributed by atoms with Gasteiger partial charge in [-0.15, -0.1) is 11.8 Å². The fourth-order valence-electron chi connectivity index (χ4n) is 1.04. The molecule has 0 bridgehead atoms. The SMILES string of the molecule is CCOC(=O)CSCc1ccc(Br)cc1. The monoisotopic (exact) mass is 288 g/mol. The van der Waals surface area contributed by atoms with Crippen molar-refractivity contribution in [1.29, 1.82) is 0 Å². The standard InChI is InChI=1S/C11H13BrO2S/c1-2-14-11(13)8-15-7-9-3-5-10(12)6-4-9/h3-6H,2,7-8H2,1H3. The Labute approximate surface area is 103 Å². The Balaban J connectivity index is 2.26. The average molecular weight is 289 g/mol. The zero-order valence-electron chi connectivity index (χ0n) is 8.53. The highest BCUT2D eigenvalue weighted by molar-refractivity contribution is 9.10. The zero-order valence-corrected chi connectivity index (χ0v) is 10.9. The number of carbonyl (C=O) groups excluding carboxylic acids is 1. The molecule has 0 unspecified atom stereocenters. The van der Waals surface area contributed by atoms with E-state index in [1.165, 1.54) is 5.56 Å². The van der Waals surface area contributed by atoms with Crippen molar-refractivity contribution in [2.24, 2.45) is 0 Å². The van der Waals surface area contributed by atoms with E-state index in [1.807, 2.05) is 31.2 Å². The first-order valence-corrected chi connectivity index (χ1v) is 6.65. The summed E-state index contributed by atoms with van der Waals surface area (Å²) in [4.78, 5) is 11.0. The lowest BCUT2D eigenvalue weighted by Crippen LogP contribution is -2.06. The van der Waals surface area contributed by atoms with Gasteiger partial charge in [0.2, 0.25) is 0 Å². The Kier molecular flexibility index (Phi) is 5.79. The number of carbonyl (C=O) groups is 1. The molecule has 0 N–H and O–H groups in total. The molecule has 0 fully saturated rings. The van der Waals surface area contributed by atoms with E-state index in [2.05, 4.69) is 15.9 Å². The van der Waals surface area contributed by atoms with Gasteiger partial charge in [-0.3, -0.25) is 4.79 Å². The molecule has 0 amide bonds. The van der Waals surface area contributed by atoms with E-state index in [1.54, 1.807) is 11.8 Å². The normalized spacial score (nSPS) is 10.0. The summed E-state index contributed by atoms with van der Waals surface area (Å²) >= 11 is 4.95. The Morgan fingerprint density at radius 3 is 2.67 bits per heavy atom. The van der Waals surface area contributed by atoms with E-state index >= 15 is 0 Å². The van der Waals surface area contributed by atoms with Crippen molar-refractivity contribution in [3.63, 3.8) is 0 Å². The van der Waals surface area contributed by atoms with Crippen LogP contribution in [0.1, 0.15) is 12.5 Å². The molecule has 1 aromatic rings. The lowest BCUT2D eigenvalue weighted by atomic mass is 10.2. The van der Waals surface area contributed by atoms with Gasteiger partial charge in [0.05, 0.1) is 12.4 Å². The molecule has 0 spiro atoms. The third kappa shape index (κ3) is 5.23. The quantitative estimate of drug-likeness (QED) is 0.778. The van der Waals surface area contributed by atoms with Crippen LogP contribution in [0.3, 0.4) is 0 Å². The topological polar surface area (TPSA) is 26.3 Å². The molecule has 4 heteroatoms. The average Bonchev–Trinajstić information content (AvgIpc) is 2.21. The molecule has 1 aromatic carbocycles. The molecule has 0 aliphatic heterocycles. The molecule has 0 aliphatic carbocycles. The van der Waals surface area contributed by atoms with E-state index in [9.17, 15) is 4.79 Å². The van der Waals surface area contributed by atoms with Gasteiger partial charge in [0.1, 0.15) is 0 Å². The van der Waals surface area contributed by atoms with Gasteiger partial charge >= 0.3 is 5.97 Å². The number of benzene rings is 1. The largest absolute Gasteiger partial charge is 0.465 e. The van der Waals surface area contributed by atoms with Crippen LogP contribution in [0.4, 0.5) is 0 Å². The maximum atomic E-state index is 11.0. The zero-order chi connectivity index (χ0) is 11.1. The molecule has 2 nitrogen and oxygen atoms in total. The van der Waals surface area contributed by atoms with Gasteiger partial charge < -0.3 is 4.74 Å². The Bertz CT molecular complexity index is 311. The summed E-state index contributed by atoms with van der Waals surface area (Å²) in [6.45, 7) is 2.27. The summed E-state index contributed by atoms with van der Waals surface area (Å²) in [5.74, 6) is 1.12. The summed E-state index contributed by atoms with van der Waals surface area (Å²) in [5.41, 5.74) is 1.22. The summed E-state index contributed by atoms with van der Waals surface area (Å²) < 4.78 is 5.90. The number of hydrogen-bond acceptors (Lipinski definition) is 3. The fraction of sp³-hybridized carbons (Fsp3) is 0.364. The molecule has 0 heterocycles. The van der Waals surface area contributed by atoms with Gasteiger partial charge in [-0.2, -0.15) is 0 Å². The summed E-state index contributed by atoms with van der Waals surface area (Å²) in [6.07, 6.45) is 0. The lowest BCUT2D eigenvalue weighted by Gasteiger charge is -2.02. The van der Waals surface area contributed by atoms with Gasteiger partial charge in [-0.25, -0.2) is 0 Å². The van der Waals surface area contributed by atoms with Crippen molar-refractivity contribution in [3.8, 4) is 0 Å². The maximum Gasteiger partial charge on any atom is 0.315 e. The van der Waals surface area contributed by atoms with Crippen molar-refractivity contribution in [1.82, 2.24) is 0 Å². The smallest absolute Gasteiger partial charge is 0.315 e. The number of halogens is 1. The van der Waals surface area contributed by atoms with Gasteiger partial charge in [0.25, 0.3) is 0 Å². The lowest BCUT2D eigenvalue weighted by molar-refractivity contribution is -0.139. The van der Waals surface area contributed by atoms with Gasteiger partial charge in [0.15, 0.2) is 0 Å². The predicted molar refractivity (Wildman–Crippen MR) is 66.9 cm³/mol. The van der Waals surface area contributed by atoms with Crippen LogP contribution in [-0.4, -0.2) is 18.3 Å². The third-order valence-electron chi connectivity index (χ3n) is 1.71. The molecule has 15 heavy (non-hydrogen) atoms. The molecule has 82 valence electrons. The number of rotatable bonds is 5. The number of esters is 1. The molecular weight excluding hydrogens is 276 g/mol. The highest BCUT2D eigenvalue weighted by atomic mass is 79.9. The van der Waals surface area contributed by atoms with E-state index < -0.39 is 0 Å². The molecule has 0 saturated carbocycles. The van der Waals surface area contributed by atoms with Crippen molar-refractivity contribution < 1.29 is 9.53 Å². The Hall–Kier alpha value is -0.480. The number of hydrogen-bond donors (Lipinski definition) is 0. The summed E-state index contributed by atoms with van der Waals surface area (Å²) in [7, 11) is 0. The van der Waals surface area contributed by atoms with Gasteiger partial charge in [0, 0.05) is 10.2 Å². The first kappa shape index (κ1) is 12.6. The Morgan fingerprint density at radius 1 is 1.40 bits per heavy atom. The first-order chi connectivity index (χ1) is 7.22. The van der Waals surface area contributed by atoms with Crippen LogP contribution in [0.2, 0.25) is 0 Å². The first-order valence-electron chi connectivity index (χ1n) is 4.70. The summed E-state index contributed by atoms with van der Waals surface area (Å²) in [5, 5.41) is 0. The van der Waals surface area contributed by atoms with Crippen LogP contribution >= 0.6 is 27.7 Å². The van der Waals surface area contributed by atoms with Crippen molar-refractivity contribution in [3.05, 3.63) is 34.3 Å². The number of ether oxygens (including phenoxy) is 1. The minimum atomic E-state index is -0.139. The van der Waals surface area contributed by atoms with Crippen LogP contribution in [0.15, 0.2) is 28.7 Å². The Morgan fingerprint density at radius 2 is 2.07 bits per heavy atom. The molecule has 0 aromatic heterocycles. The highest BCUT2D eigenvalue weighted by Gasteiger charge is 2.01. The van der Waals surface area contributed by atoms with E-state index in [0.29, 0.717) is 12.4 Å². The molecule has 1 rings (SSSR count). The van der Waals surface area contributed by atoms with Crippen LogP contribution in [-0.2, 0) is 15.3 Å². The van der Waals surface area contributed by atoms with Crippen molar-refractivity contribution in [2.45, 2.75) is 12.7 Å². The molecule has 0 aliphatic rings. The molecule has 0 saturated heterocycles. The van der Waals surface area contributed by atoms with E-state index in [0.717, 1.165) is 10.2 Å². The summed E-state index contributed by atoms with van der Waals surface area (Å²) in [6, 6.07) is 8.09. The minimum Gasteiger partial charge on any atom is -0.465 e. The molecule has 0 radical (unpaired) electrons. The van der Waals surface area contributed by atoms with Crippen LogP contribution in [0.5, 0.6) is 0 Å². The third-order valence-corrected chi connectivity index (χ3v) is 3.21. The maximum absolute atomic E-state index is 11.0. The van der Waals surface area contributed by atoms with Crippen LogP contribution in [0, 0.1) is 0 Å². The van der Waals surface area contributed by atoms with Crippen molar-refractivity contribution >= 4 is 33.7 Å². The highest BCUT2D eigenvalue weighted by Crippen LogP contribution is 2.15. The van der Waals surface area contributed by atoms with E-state index in [4.69, 9.17) is 4.74 Å². The second-order valence-electron chi connectivity index (χ2n) is 2.92. The molecule has 0 atom stereocenters. The van der Waals surface area contributed by atoms with E-state index in [-0.39, 0.29) is 5.97 Å². The van der Waals surface area contributed by atoms with Crippen molar-refractivity contribution in [2.75, 3.05) is 12.4 Å². The minimum absolute atomic E-state index is 0.139.